The zero-order valence-electron chi connectivity index (χ0n) is 10.5. The molecule has 0 N–H and O–H groups in total. The third kappa shape index (κ3) is 4.90. The monoisotopic (exact) mass is 297 g/mol. The Morgan fingerprint density at radius 1 is 1.35 bits per heavy atom. The van der Waals surface area contributed by atoms with Gasteiger partial charge >= 0.3 is 0 Å². The zero-order chi connectivity index (χ0) is 12.7. The van der Waals surface area contributed by atoms with Crippen molar-refractivity contribution < 1.29 is 4.79 Å². The fourth-order valence-corrected chi connectivity index (χ4v) is 2.04. The molecule has 0 bridgehead atoms. The van der Waals surface area contributed by atoms with Crippen LogP contribution in [-0.4, -0.2) is 29.2 Å². The smallest absolute Gasteiger partial charge is 0.236 e. The third-order valence-corrected chi connectivity index (χ3v) is 3.84. The average Bonchev–Trinajstić information content (AvgIpc) is 2.38. The van der Waals surface area contributed by atoms with Gasteiger partial charge in [-0.2, -0.15) is 0 Å². The average molecular weight is 298 g/mol. The second-order valence-electron chi connectivity index (χ2n) is 4.22. The number of amides is 1. The second-order valence-corrected chi connectivity index (χ2v) is 5.33. The van der Waals surface area contributed by atoms with Crippen molar-refractivity contribution in [2.75, 3.05) is 13.6 Å². The van der Waals surface area contributed by atoms with Gasteiger partial charge in [0.2, 0.25) is 5.91 Å². The normalized spacial score (nSPS) is 12.2. The van der Waals surface area contributed by atoms with Crippen molar-refractivity contribution in [3.05, 3.63) is 35.9 Å². The van der Waals surface area contributed by atoms with Crippen LogP contribution >= 0.6 is 15.9 Å². The van der Waals surface area contributed by atoms with Crippen LogP contribution < -0.4 is 0 Å². The van der Waals surface area contributed by atoms with Crippen LogP contribution in [-0.2, 0) is 11.2 Å². The molecule has 0 spiro atoms. The Labute approximate surface area is 112 Å². The van der Waals surface area contributed by atoms with E-state index in [1.165, 1.54) is 5.56 Å². The van der Waals surface area contributed by atoms with E-state index in [9.17, 15) is 4.79 Å². The Balaban J connectivity index is 2.29. The van der Waals surface area contributed by atoms with Gasteiger partial charge < -0.3 is 4.90 Å². The molecule has 0 aromatic heterocycles. The number of hydrogen-bond acceptors (Lipinski definition) is 1. The van der Waals surface area contributed by atoms with Crippen molar-refractivity contribution in [3.8, 4) is 0 Å². The first-order valence-electron chi connectivity index (χ1n) is 6.08. The number of carbonyl (C=O) groups is 1. The van der Waals surface area contributed by atoms with E-state index in [2.05, 4.69) is 40.2 Å². The van der Waals surface area contributed by atoms with Crippen LogP contribution in [0.3, 0.4) is 0 Å². The molecule has 0 aliphatic carbocycles. The fourth-order valence-electron chi connectivity index (χ4n) is 1.69. The summed E-state index contributed by atoms with van der Waals surface area (Å²) < 4.78 is 0. The summed E-state index contributed by atoms with van der Waals surface area (Å²) in [6.45, 7) is 2.82. The molecular weight excluding hydrogens is 278 g/mol. The van der Waals surface area contributed by atoms with Crippen LogP contribution in [0.1, 0.15) is 25.3 Å². The van der Waals surface area contributed by atoms with E-state index < -0.39 is 0 Å². The molecule has 1 atom stereocenters. The summed E-state index contributed by atoms with van der Waals surface area (Å²) in [5.74, 6) is 0.181. The second kappa shape index (κ2) is 7.49. The number of carbonyl (C=O) groups excluding carboxylic acids is 1. The van der Waals surface area contributed by atoms with Gasteiger partial charge in [0.15, 0.2) is 0 Å². The van der Waals surface area contributed by atoms with Gasteiger partial charge in [-0.3, -0.25) is 4.79 Å². The number of halogens is 1. The third-order valence-electron chi connectivity index (χ3n) is 2.80. The Hall–Kier alpha value is -0.830. The highest BCUT2D eigenvalue weighted by Gasteiger charge is 2.16. The van der Waals surface area contributed by atoms with Crippen LogP contribution in [0.2, 0.25) is 0 Å². The minimum atomic E-state index is -0.0378. The Kier molecular flexibility index (Phi) is 6.27. The topological polar surface area (TPSA) is 20.3 Å². The lowest BCUT2D eigenvalue weighted by Gasteiger charge is -2.19. The van der Waals surface area contributed by atoms with Crippen LogP contribution in [0.5, 0.6) is 0 Å². The zero-order valence-corrected chi connectivity index (χ0v) is 12.1. The van der Waals surface area contributed by atoms with Crippen LogP contribution in [0.4, 0.5) is 0 Å². The predicted octanol–water partition coefficient (Wildman–Crippen LogP) is 3.25. The number of aryl methyl sites for hydroxylation is 1. The van der Waals surface area contributed by atoms with E-state index in [1.54, 1.807) is 0 Å². The molecule has 1 amide bonds. The largest absolute Gasteiger partial charge is 0.345 e. The van der Waals surface area contributed by atoms with E-state index in [4.69, 9.17) is 0 Å². The van der Waals surface area contributed by atoms with Crippen molar-refractivity contribution in [2.45, 2.75) is 31.0 Å². The minimum Gasteiger partial charge on any atom is -0.345 e. The van der Waals surface area contributed by atoms with Crippen molar-refractivity contribution in [1.82, 2.24) is 4.90 Å². The first-order chi connectivity index (χ1) is 8.15. The lowest BCUT2D eigenvalue weighted by Crippen LogP contribution is -2.33. The minimum absolute atomic E-state index is 0.0378. The quantitative estimate of drug-likeness (QED) is 0.738. The summed E-state index contributed by atoms with van der Waals surface area (Å²) >= 11 is 3.39. The van der Waals surface area contributed by atoms with E-state index in [0.29, 0.717) is 0 Å². The van der Waals surface area contributed by atoms with Gasteiger partial charge in [-0.1, -0.05) is 53.2 Å². The number of rotatable bonds is 6. The number of hydrogen-bond donors (Lipinski definition) is 0. The molecule has 3 heteroatoms. The molecule has 0 heterocycles. The summed E-state index contributed by atoms with van der Waals surface area (Å²) in [5.41, 5.74) is 1.33. The molecule has 0 saturated carbocycles. The summed E-state index contributed by atoms with van der Waals surface area (Å²) in [5, 5.41) is 0. The number of alkyl halides is 1. The molecule has 0 fully saturated rings. The summed E-state index contributed by atoms with van der Waals surface area (Å²) in [4.78, 5) is 13.6. The van der Waals surface area contributed by atoms with Gasteiger partial charge in [0.05, 0.1) is 4.83 Å². The first kappa shape index (κ1) is 14.2. The van der Waals surface area contributed by atoms with Gasteiger partial charge in [0, 0.05) is 13.6 Å². The molecule has 0 saturated heterocycles. The molecule has 0 aliphatic rings. The van der Waals surface area contributed by atoms with Crippen molar-refractivity contribution in [2.24, 2.45) is 0 Å². The maximum absolute atomic E-state index is 11.8. The Bertz CT molecular complexity index is 339. The highest BCUT2D eigenvalue weighted by molar-refractivity contribution is 9.10. The Morgan fingerprint density at radius 3 is 2.59 bits per heavy atom. The maximum atomic E-state index is 11.8. The first-order valence-corrected chi connectivity index (χ1v) is 6.99. The van der Waals surface area contributed by atoms with E-state index >= 15 is 0 Å². The molecule has 17 heavy (non-hydrogen) atoms. The highest BCUT2D eigenvalue weighted by Crippen LogP contribution is 2.09. The van der Waals surface area contributed by atoms with E-state index in [1.807, 2.05) is 24.9 Å². The molecule has 94 valence electrons. The van der Waals surface area contributed by atoms with E-state index in [0.717, 1.165) is 25.8 Å². The van der Waals surface area contributed by atoms with Crippen molar-refractivity contribution in [3.63, 3.8) is 0 Å². The van der Waals surface area contributed by atoms with Gasteiger partial charge in [-0.25, -0.2) is 0 Å². The lowest BCUT2D eigenvalue weighted by atomic mass is 10.1. The summed E-state index contributed by atoms with van der Waals surface area (Å²) in [6, 6.07) is 10.4. The summed E-state index contributed by atoms with van der Waals surface area (Å²) in [7, 11) is 1.87. The molecule has 1 unspecified atom stereocenters. The molecule has 2 nitrogen and oxygen atoms in total. The summed E-state index contributed by atoms with van der Waals surface area (Å²) in [6.07, 6.45) is 2.87. The van der Waals surface area contributed by atoms with Crippen LogP contribution in [0.25, 0.3) is 0 Å². The van der Waals surface area contributed by atoms with Gasteiger partial charge in [0.25, 0.3) is 0 Å². The SMILES string of the molecule is CCC(Br)C(=O)N(C)CCCc1ccccc1. The Morgan fingerprint density at radius 2 is 2.00 bits per heavy atom. The van der Waals surface area contributed by atoms with Crippen LogP contribution in [0, 0.1) is 0 Å². The van der Waals surface area contributed by atoms with Crippen LogP contribution in [0.15, 0.2) is 30.3 Å². The fraction of sp³-hybridized carbons (Fsp3) is 0.500. The molecule has 0 aliphatic heterocycles. The number of nitrogens with zero attached hydrogens (tertiary/aromatic N) is 1. The standard InChI is InChI=1S/C14H20BrNO/c1-3-13(15)14(17)16(2)11-7-10-12-8-5-4-6-9-12/h4-6,8-9,13H,3,7,10-11H2,1-2H3. The molecule has 0 radical (unpaired) electrons. The van der Waals surface area contributed by atoms with Gasteiger partial charge in [0.1, 0.15) is 0 Å². The van der Waals surface area contributed by atoms with E-state index in [-0.39, 0.29) is 10.7 Å². The molecule has 1 aromatic rings. The maximum Gasteiger partial charge on any atom is 0.236 e. The predicted molar refractivity (Wildman–Crippen MR) is 75.4 cm³/mol. The van der Waals surface area contributed by atoms with Gasteiger partial charge in [-0.15, -0.1) is 0 Å². The van der Waals surface area contributed by atoms with Gasteiger partial charge in [-0.05, 0) is 24.8 Å². The van der Waals surface area contributed by atoms with Crippen molar-refractivity contribution >= 4 is 21.8 Å². The molecule has 1 aromatic carbocycles. The number of benzene rings is 1. The molecule has 1 rings (SSSR count). The molecular formula is C14H20BrNO. The van der Waals surface area contributed by atoms with Crippen molar-refractivity contribution in [1.29, 1.82) is 0 Å². The lowest BCUT2D eigenvalue weighted by molar-refractivity contribution is -0.129. The highest BCUT2D eigenvalue weighted by atomic mass is 79.9.